The SMILES string of the molecule is CCN1CCN(Cc2ccc(NC(=O)C(Cc3ccccc3)NC(=O)c3cccs3)cc2)CC1. The van der Waals surface area contributed by atoms with E-state index >= 15 is 0 Å². The molecular formula is C27H32N4O2S. The number of rotatable bonds is 9. The molecule has 1 aliphatic heterocycles. The Labute approximate surface area is 205 Å². The van der Waals surface area contributed by atoms with Gasteiger partial charge in [0.05, 0.1) is 4.88 Å². The van der Waals surface area contributed by atoms with Gasteiger partial charge >= 0.3 is 0 Å². The van der Waals surface area contributed by atoms with Crippen LogP contribution in [-0.4, -0.2) is 60.4 Å². The molecule has 178 valence electrons. The molecule has 7 heteroatoms. The number of nitrogens with one attached hydrogen (secondary N) is 2. The molecule has 0 radical (unpaired) electrons. The lowest BCUT2D eigenvalue weighted by Crippen LogP contribution is -2.45. The molecule has 0 bridgehead atoms. The normalized spacial score (nSPS) is 15.6. The first-order chi connectivity index (χ1) is 16.6. The van der Waals surface area contributed by atoms with E-state index in [9.17, 15) is 9.59 Å². The van der Waals surface area contributed by atoms with Gasteiger partial charge in [0.25, 0.3) is 5.91 Å². The first-order valence-electron chi connectivity index (χ1n) is 11.8. The summed E-state index contributed by atoms with van der Waals surface area (Å²) in [7, 11) is 0. The second-order valence-electron chi connectivity index (χ2n) is 8.59. The van der Waals surface area contributed by atoms with Crippen molar-refractivity contribution in [3.05, 3.63) is 88.1 Å². The van der Waals surface area contributed by atoms with Crippen LogP contribution in [-0.2, 0) is 17.8 Å². The van der Waals surface area contributed by atoms with Crippen LogP contribution in [0.1, 0.15) is 27.7 Å². The van der Waals surface area contributed by atoms with E-state index in [2.05, 4.69) is 39.5 Å². The predicted octanol–water partition coefficient (Wildman–Crippen LogP) is 3.87. The molecule has 2 aromatic carbocycles. The summed E-state index contributed by atoms with van der Waals surface area (Å²) in [4.78, 5) is 31.3. The minimum atomic E-state index is -0.675. The van der Waals surface area contributed by atoms with Crippen LogP contribution in [0.25, 0.3) is 0 Å². The third-order valence-corrected chi connectivity index (χ3v) is 7.06. The van der Waals surface area contributed by atoms with Crippen molar-refractivity contribution in [1.29, 1.82) is 0 Å². The summed E-state index contributed by atoms with van der Waals surface area (Å²) in [5.41, 5.74) is 2.95. The van der Waals surface area contributed by atoms with E-state index < -0.39 is 6.04 Å². The Morgan fingerprint density at radius 1 is 0.882 bits per heavy atom. The van der Waals surface area contributed by atoms with E-state index in [0.29, 0.717) is 11.3 Å². The monoisotopic (exact) mass is 476 g/mol. The van der Waals surface area contributed by atoms with Crippen LogP contribution in [0.4, 0.5) is 5.69 Å². The Morgan fingerprint density at radius 3 is 2.24 bits per heavy atom. The Morgan fingerprint density at radius 2 is 1.59 bits per heavy atom. The molecule has 0 spiro atoms. The number of amides is 2. The number of likely N-dealkylation sites (N-methyl/N-ethyl adjacent to an activating group) is 1. The third-order valence-electron chi connectivity index (χ3n) is 6.19. The van der Waals surface area contributed by atoms with Crippen molar-refractivity contribution in [2.24, 2.45) is 0 Å². The second kappa shape index (κ2) is 11.9. The van der Waals surface area contributed by atoms with Gasteiger partial charge in [0, 0.05) is 44.8 Å². The first-order valence-corrected chi connectivity index (χ1v) is 12.7. The molecule has 1 fully saturated rings. The summed E-state index contributed by atoms with van der Waals surface area (Å²) in [5.74, 6) is -0.457. The summed E-state index contributed by atoms with van der Waals surface area (Å²) in [6.45, 7) is 8.63. The van der Waals surface area contributed by atoms with E-state index in [0.717, 1.165) is 50.5 Å². The lowest BCUT2D eigenvalue weighted by Gasteiger charge is -2.34. The standard InChI is InChI=1S/C27H32N4O2S/c1-2-30-14-16-31(17-15-30)20-22-10-12-23(13-11-22)28-26(32)24(19-21-7-4-3-5-8-21)29-27(33)25-9-6-18-34-25/h3-13,18,24H,2,14-17,19-20H2,1H3,(H,28,32)(H,29,33). The number of thiophene rings is 1. The van der Waals surface area contributed by atoms with Crippen LogP contribution in [0.5, 0.6) is 0 Å². The largest absolute Gasteiger partial charge is 0.339 e. The van der Waals surface area contributed by atoms with Crippen LogP contribution < -0.4 is 10.6 Å². The molecular weight excluding hydrogens is 444 g/mol. The number of benzene rings is 2. The van der Waals surface area contributed by atoms with Gasteiger partial charge in [0.15, 0.2) is 0 Å². The molecule has 0 aliphatic carbocycles. The maximum Gasteiger partial charge on any atom is 0.262 e. The number of hydrogen-bond acceptors (Lipinski definition) is 5. The Balaban J connectivity index is 1.37. The highest BCUT2D eigenvalue weighted by Crippen LogP contribution is 2.15. The number of hydrogen-bond donors (Lipinski definition) is 2. The molecule has 1 aromatic heterocycles. The van der Waals surface area contributed by atoms with Crippen LogP contribution in [0.15, 0.2) is 72.1 Å². The van der Waals surface area contributed by atoms with Gasteiger partial charge < -0.3 is 15.5 Å². The van der Waals surface area contributed by atoms with E-state index in [1.807, 2.05) is 53.9 Å². The van der Waals surface area contributed by atoms with Crippen LogP contribution in [0.2, 0.25) is 0 Å². The van der Waals surface area contributed by atoms with Crippen molar-refractivity contribution in [1.82, 2.24) is 15.1 Å². The molecule has 2 N–H and O–H groups in total. The fraction of sp³-hybridized carbons (Fsp3) is 0.333. The maximum atomic E-state index is 13.1. The van der Waals surface area contributed by atoms with Crippen molar-refractivity contribution < 1.29 is 9.59 Å². The van der Waals surface area contributed by atoms with Gasteiger partial charge in [-0.2, -0.15) is 0 Å². The summed E-state index contributed by atoms with van der Waals surface area (Å²) in [6.07, 6.45) is 0.422. The third kappa shape index (κ3) is 6.76. The average Bonchev–Trinajstić information content (AvgIpc) is 3.41. The maximum absolute atomic E-state index is 13.1. The number of anilines is 1. The van der Waals surface area contributed by atoms with Gasteiger partial charge in [-0.25, -0.2) is 0 Å². The molecule has 34 heavy (non-hydrogen) atoms. The van der Waals surface area contributed by atoms with E-state index in [1.54, 1.807) is 6.07 Å². The van der Waals surface area contributed by atoms with Crippen LogP contribution in [0, 0.1) is 0 Å². The minimum absolute atomic E-state index is 0.225. The Bertz CT molecular complexity index is 1050. The van der Waals surface area contributed by atoms with Crippen LogP contribution >= 0.6 is 11.3 Å². The zero-order valence-electron chi connectivity index (χ0n) is 19.6. The molecule has 6 nitrogen and oxygen atoms in total. The molecule has 3 aromatic rings. The van der Waals surface area contributed by atoms with Gasteiger partial charge in [-0.05, 0) is 41.3 Å². The predicted molar refractivity (Wildman–Crippen MR) is 138 cm³/mol. The molecule has 0 saturated carbocycles. The molecule has 1 unspecified atom stereocenters. The summed E-state index contributed by atoms with van der Waals surface area (Å²) < 4.78 is 0. The summed E-state index contributed by atoms with van der Waals surface area (Å²) >= 11 is 1.36. The summed E-state index contributed by atoms with van der Waals surface area (Å²) in [5, 5.41) is 7.75. The van der Waals surface area contributed by atoms with Gasteiger partial charge in [-0.3, -0.25) is 14.5 Å². The van der Waals surface area contributed by atoms with Crippen LogP contribution in [0.3, 0.4) is 0 Å². The van der Waals surface area contributed by atoms with Gasteiger partial charge in [-0.15, -0.1) is 11.3 Å². The molecule has 4 rings (SSSR count). The lowest BCUT2D eigenvalue weighted by atomic mass is 10.0. The molecule has 1 atom stereocenters. The molecule has 1 saturated heterocycles. The van der Waals surface area contributed by atoms with Crippen molar-refractivity contribution in [3.8, 4) is 0 Å². The molecule has 1 aliphatic rings. The zero-order chi connectivity index (χ0) is 23.8. The van der Waals surface area contributed by atoms with E-state index in [-0.39, 0.29) is 11.8 Å². The van der Waals surface area contributed by atoms with E-state index in [4.69, 9.17) is 0 Å². The second-order valence-corrected chi connectivity index (χ2v) is 9.54. The fourth-order valence-corrected chi connectivity index (χ4v) is 4.77. The summed E-state index contributed by atoms with van der Waals surface area (Å²) in [6, 6.07) is 20.7. The highest BCUT2D eigenvalue weighted by atomic mass is 32.1. The van der Waals surface area contributed by atoms with Gasteiger partial charge in [0.1, 0.15) is 6.04 Å². The highest BCUT2D eigenvalue weighted by Gasteiger charge is 2.23. The molecule has 2 heterocycles. The van der Waals surface area contributed by atoms with Crippen molar-refractivity contribution in [2.75, 3.05) is 38.0 Å². The van der Waals surface area contributed by atoms with Gasteiger partial charge in [-0.1, -0.05) is 55.5 Å². The topological polar surface area (TPSA) is 64.7 Å². The smallest absolute Gasteiger partial charge is 0.262 e. The van der Waals surface area contributed by atoms with Gasteiger partial charge in [0.2, 0.25) is 5.91 Å². The average molecular weight is 477 g/mol. The van der Waals surface area contributed by atoms with Crippen molar-refractivity contribution >= 4 is 28.8 Å². The first kappa shape index (κ1) is 24.1. The number of nitrogens with zero attached hydrogens (tertiary/aromatic N) is 2. The minimum Gasteiger partial charge on any atom is -0.339 e. The Kier molecular flexibility index (Phi) is 8.46. The number of carbonyl (C=O) groups is 2. The van der Waals surface area contributed by atoms with E-state index in [1.165, 1.54) is 16.9 Å². The Hall–Kier alpha value is -3.00. The zero-order valence-corrected chi connectivity index (χ0v) is 20.4. The highest BCUT2D eigenvalue weighted by molar-refractivity contribution is 7.12. The molecule has 2 amide bonds. The number of piperazine rings is 1. The van der Waals surface area contributed by atoms with Crippen molar-refractivity contribution in [3.63, 3.8) is 0 Å². The fourth-order valence-electron chi connectivity index (χ4n) is 4.14. The quantitative estimate of drug-likeness (QED) is 0.492. The lowest BCUT2D eigenvalue weighted by molar-refractivity contribution is -0.118. The number of carbonyl (C=O) groups excluding carboxylic acids is 2. The van der Waals surface area contributed by atoms with Crippen molar-refractivity contribution in [2.45, 2.75) is 25.9 Å².